The van der Waals surface area contributed by atoms with E-state index in [1.165, 1.54) is 18.2 Å². The predicted octanol–water partition coefficient (Wildman–Crippen LogP) is 3.26. The van der Waals surface area contributed by atoms with Gasteiger partial charge in [-0.25, -0.2) is 0 Å². The van der Waals surface area contributed by atoms with Crippen molar-refractivity contribution < 1.29 is 12.8 Å². The molecule has 0 aliphatic carbocycles. The molecule has 2 rings (SSSR count). The summed E-state index contributed by atoms with van der Waals surface area (Å²) in [5.41, 5.74) is 6.56. The Hall–Kier alpha value is -1.02. The molecule has 0 fully saturated rings. The molecule has 108 valence electrons. The average molecular weight is 380 g/mol. The summed E-state index contributed by atoms with van der Waals surface area (Å²) in [6.07, 6.45) is 0. The maximum atomic E-state index is 12.2. The molecule has 3 N–H and O–H groups in total. The van der Waals surface area contributed by atoms with Gasteiger partial charge in [-0.05, 0) is 52.7 Å². The molecule has 8 heteroatoms. The molecule has 0 aliphatic rings. The molecular weight excluding hydrogens is 368 g/mol. The highest BCUT2D eigenvalue weighted by atomic mass is 79.9. The van der Waals surface area contributed by atoms with E-state index in [1.807, 2.05) is 6.92 Å². The molecule has 20 heavy (non-hydrogen) atoms. The van der Waals surface area contributed by atoms with Crippen molar-refractivity contribution in [2.24, 2.45) is 5.73 Å². The average Bonchev–Trinajstić information content (AvgIpc) is 2.85. The monoisotopic (exact) mass is 378 g/mol. The smallest absolute Gasteiger partial charge is 0.295 e. The fraction of sp³-hybridized carbons (Fsp3) is 0.167. The SMILES string of the molecule is Cc1cc(Br)c(NS(=O)(=O)c2ccc(CN)o2)cc1Cl. The Labute approximate surface area is 130 Å². The largest absolute Gasteiger partial charge is 0.446 e. The van der Waals surface area contributed by atoms with Gasteiger partial charge in [-0.15, -0.1) is 0 Å². The van der Waals surface area contributed by atoms with Crippen molar-refractivity contribution in [2.45, 2.75) is 18.6 Å². The third-order valence-electron chi connectivity index (χ3n) is 2.60. The van der Waals surface area contributed by atoms with Crippen molar-refractivity contribution in [3.63, 3.8) is 0 Å². The topological polar surface area (TPSA) is 85.3 Å². The number of hydrogen-bond donors (Lipinski definition) is 2. The van der Waals surface area contributed by atoms with Crippen LogP contribution in [-0.2, 0) is 16.6 Å². The fourth-order valence-electron chi connectivity index (χ4n) is 1.53. The number of sulfonamides is 1. The summed E-state index contributed by atoms with van der Waals surface area (Å²) < 4.78 is 32.5. The molecule has 0 radical (unpaired) electrons. The Balaban J connectivity index is 2.35. The number of hydrogen-bond acceptors (Lipinski definition) is 4. The Kier molecular flexibility index (Phi) is 4.43. The van der Waals surface area contributed by atoms with E-state index < -0.39 is 10.0 Å². The zero-order chi connectivity index (χ0) is 14.9. The van der Waals surface area contributed by atoms with E-state index in [9.17, 15) is 8.42 Å². The van der Waals surface area contributed by atoms with Crippen LogP contribution < -0.4 is 10.5 Å². The van der Waals surface area contributed by atoms with Gasteiger partial charge < -0.3 is 10.2 Å². The second kappa shape index (κ2) is 5.77. The van der Waals surface area contributed by atoms with Gasteiger partial charge in [0, 0.05) is 9.50 Å². The second-order valence-electron chi connectivity index (χ2n) is 4.11. The quantitative estimate of drug-likeness (QED) is 0.854. The molecule has 0 spiro atoms. The Morgan fingerprint density at radius 3 is 2.70 bits per heavy atom. The first-order valence-corrected chi connectivity index (χ1v) is 8.26. The molecule has 2 aromatic rings. The number of rotatable bonds is 4. The molecule has 0 aliphatic heterocycles. The first kappa shape index (κ1) is 15.4. The van der Waals surface area contributed by atoms with E-state index >= 15 is 0 Å². The van der Waals surface area contributed by atoms with Crippen molar-refractivity contribution in [1.29, 1.82) is 0 Å². The maximum absolute atomic E-state index is 12.2. The lowest BCUT2D eigenvalue weighted by molar-refractivity contribution is 0.417. The lowest BCUT2D eigenvalue weighted by Gasteiger charge is -2.09. The van der Waals surface area contributed by atoms with Gasteiger partial charge in [0.15, 0.2) is 0 Å². The molecule has 0 saturated heterocycles. The molecule has 0 bridgehead atoms. The van der Waals surface area contributed by atoms with Crippen molar-refractivity contribution in [3.8, 4) is 0 Å². The van der Waals surface area contributed by atoms with Gasteiger partial charge >= 0.3 is 0 Å². The van der Waals surface area contributed by atoms with E-state index in [0.29, 0.717) is 20.9 Å². The van der Waals surface area contributed by atoms with E-state index in [2.05, 4.69) is 20.7 Å². The lowest BCUT2D eigenvalue weighted by Crippen LogP contribution is -2.12. The van der Waals surface area contributed by atoms with E-state index in [0.717, 1.165) is 5.56 Å². The van der Waals surface area contributed by atoms with Crippen molar-refractivity contribution >= 4 is 43.2 Å². The van der Waals surface area contributed by atoms with Crippen molar-refractivity contribution in [2.75, 3.05) is 4.72 Å². The zero-order valence-corrected chi connectivity index (χ0v) is 13.6. The summed E-state index contributed by atoms with van der Waals surface area (Å²) in [7, 11) is -3.82. The van der Waals surface area contributed by atoms with Crippen LogP contribution in [0.1, 0.15) is 11.3 Å². The zero-order valence-electron chi connectivity index (χ0n) is 10.5. The fourth-order valence-corrected chi connectivity index (χ4v) is 3.41. The van der Waals surface area contributed by atoms with Crippen molar-refractivity contribution in [3.05, 3.63) is 45.1 Å². The molecule has 0 amide bonds. The number of nitrogens with one attached hydrogen (secondary N) is 1. The summed E-state index contributed by atoms with van der Waals surface area (Å²) >= 11 is 9.28. The highest BCUT2D eigenvalue weighted by molar-refractivity contribution is 9.10. The number of benzene rings is 1. The third-order valence-corrected chi connectivity index (χ3v) is 4.90. The number of aryl methyl sites for hydroxylation is 1. The maximum Gasteiger partial charge on any atom is 0.295 e. The van der Waals surface area contributed by atoms with Gasteiger partial charge in [-0.2, -0.15) is 8.42 Å². The van der Waals surface area contributed by atoms with E-state index in [-0.39, 0.29) is 11.6 Å². The van der Waals surface area contributed by atoms with Gasteiger partial charge in [0.1, 0.15) is 5.76 Å². The lowest BCUT2D eigenvalue weighted by atomic mass is 10.2. The molecular formula is C12H12BrClN2O3S. The molecule has 1 aromatic carbocycles. The summed E-state index contributed by atoms with van der Waals surface area (Å²) in [5.74, 6) is 0.395. The normalized spacial score (nSPS) is 11.6. The van der Waals surface area contributed by atoms with Gasteiger partial charge in [-0.1, -0.05) is 11.6 Å². The van der Waals surface area contributed by atoms with Crippen LogP contribution in [0.2, 0.25) is 5.02 Å². The standard InChI is InChI=1S/C12H12BrClN2O3S/c1-7-4-9(13)11(5-10(7)14)16-20(17,18)12-3-2-8(6-15)19-12/h2-5,16H,6,15H2,1H3. The van der Waals surface area contributed by atoms with Crippen LogP contribution in [0, 0.1) is 6.92 Å². The van der Waals surface area contributed by atoms with Crippen LogP contribution in [0.25, 0.3) is 0 Å². The predicted molar refractivity (Wildman–Crippen MR) is 81.3 cm³/mol. The van der Waals surface area contributed by atoms with E-state index in [1.54, 1.807) is 6.07 Å². The minimum absolute atomic E-state index is 0.134. The number of furan rings is 1. The van der Waals surface area contributed by atoms with Gasteiger partial charge in [0.25, 0.3) is 10.0 Å². The summed E-state index contributed by atoms with van der Waals surface area (Å²) in [5, 5.41) is 0.273. The molecule has 1 aromatic heterocycles. The van der Waals surface area contributed by atoms with Crippen LogP contribution in [-0.4, -0.2) is 8.42 Å². The van der Waals surface area contributed by atoms with Crippen molar-refractivity contribution in [1.82, 2.24) is 0 Å². The number of halogens is 2. The van der Waals surface area contributed by atoms with Crippen LogP contribution in [0.5, 0.6) is 0 Å². The first-order valence-electron chi connectivity index (χ1n) is 5.60. The summed E-state index contributed by atoms with van der Waals surface area (Å²) in [6, 6.07) is 6.14. The Morgan fingerprint density at radius 1 is 1.40 bits per heavy atom. The summed E-state index contributed by atoms with van der Waals surface area (Å²) in [4.78, 5) is 0. The molecule has 5 nitrogen and oxygen atoms in total. The van der Waals surface area contributed by atoms with Crippen LogP contribution >= 0.6 is 27.5 Å². The second-order valence-corrected chi connectivity index (χ2v) is 6.99. The number of anilines is 1. The Bertz CT molecular complexity index is 743. The molecule has 0 unspecified atom stereocenters. The third kappa shape index (κ3) is 3.17. The number of nitrogens with two attached hydrogens (primary N) is 1. The molecule has 0 atom stereocenters. The van der Waals surface area contributed by atoms with Gasteiger partial charge in [0.2, 0.25) is 5.09 Å². The Morgan fingerprint density at radius 2 is 2.10 bits per heavy atom. The van der Waals surface area contributed by atoms with Gasteiger partial charge in [0.05, 0.1) is 12.2 Å². The molecule has 0 saturated carbocycles. The highest BCUT2D eigenvalue weighted by Crippen LogP contribution is 2.31. The van der Waals surface area contributed by atoms with Gasteiger partial charge in [-0.3, -0.25) is 4.72 Å². The first-order chi connectivity index (χ1) is 9.33. The van der Waals surface area contributed by atoms with Crippen LogP contribution in [0.4, 0.5) is 5.69 Å². The summed E-state index contributed by atoms with van der Waals surface area (Å²) in [6.45, 7) is 1.96. The molecule has 1 heterocycles. The minimum Gasteiger partial charge on any atom is -0.446 e. The van der Waals surface area contributed by atoms with Crippen LogP contribution in [0.15, 0.2) is 38.2 Å². The van der Waals surface area contributed by atoms with Crippen LogP contribution in [0.3, 0.4) is 0 Å². The highest BCUT2D eigenvalue weighted by Gasteiger charge is 2.20. The minimum atomic E-state index is -3.82. The van der Waals surface area contributed by atoms with E-state index in [4.69, 9.17) is 21.8 Å².